The molecule has 42 heavy (non-hydrogen) atoms. The van der Waals surface area contributed by atoms with Crippen LogP contribution >= 0.6 is 0 Å². The Balaban J connectivity index is 1.86. The number of aliphatic hydroxyl groups is 9. The predicted octanol–water partition coefficient (Wildman–Crippen LogP) is -7.79. The Kier molecular flexibility index (Phi) is 13.3. The molecule has 0 aromatic carbocycles. The highest BCUT2D eigenvalue weighted by molar-refractivity contribution is 5.07. The maximum absolute atomic E-state index is 11.7. The summed E-state index contributed by atoms with van der Waals surface area (Å²) in [5, 5.41) is 103. The van der Waals surface area contributed by atoms with Crippen LogP contribution < -0.4 is 27.4 Å². The van der Waals surface area contributed by atoms with Crippen LogP contribution in [0.2, 0.25) is 0 Å². The summed E-state index contributed by atoms with van der Waals surface area (Å²) in [5.74, 6) is -1.06. The molecular formula is C25H51N5O12. The van der Waals surface area contributed by atoms with Crippen LogP contribution in [0, 0.1) is 5.92 Å². The molecule has 3 fully saturated rings. The molecule has 3 aliphatic rings. The smallest absolute Gasteiger partial charge is 0.185 e. The number of hydrogen-bond donors (Lipinski definition) is 14. The average Bonchev–Trinajstić information content (AvgIpc) is 2.95. The average molecular weight is 614 g/mol. The summed E-state index contributed by atoms with van der Waals surface area (Å²) in [4.78, 5) is 0. The van der Waals surface area contributed by atoms with Crippen LogP contribution in [-0.4, -0.2) is 183 Å². The highest BCUT2D eigenvalue weighted by Crippen LogP contribution is 2.37. The third kappa shape index (κ3) is 7.93. The fourth-order valence-electron chi connectivity index (χ4n) is 6.20. The third-order valence-electron chi connectivity index (χ3n) is 8.59. The number of ether oxygens (including phenoxy) is 3. The summed E-state index contributed by atoms with van der Waals surface area (Å²) in [6.45, 7) is 0.310. The second-order valence-corrected chi connectivity index (χ2v) is 11.9. The first-order valence-corrected chi connectivity index (χ1v) is 14.3. The van der Waals surface area contributed by atoms with Crippen molar-refractivity contribution in [3.05, 3.63) is 0 Å². The molecule has 2 heterocycles. The van der Waals surface area contributed by atoms with E-state index in [9.17, 15) is 40.9 Å². The van der Waals surface area contributed by atoms with Crippen molar-refractivity contribution in [3.63, 3.8) is 0 Å². The van der Waals surface area contributed by atoms with E-state index in [1.165, 1.54) is 6.92 Å². The number of aliphatic hydroxyl groups excluding tert-OH is 8. The molecule has 0 radical (unpaired) electrons. The van der Waals surface area contributed by atoms with Gasteiger partial charge in [-0.2, -0.15) is 0 Å². The van der Waals surface area contributed by atoms with Gasteiger partial charge in [0.1, 0.15) is 36.1 Å². The maximum atomic E-state index is 11.7. The van der Waals surface area contributed by atoms with Crippen LogP contribution in [0.3, 0.4) is 0 Å². The van der Waals surface area contributed by atoms with Gasteiger partial charge in [-0.3, -0.25) is 0 Å². The molecule has 0 amide bonds. The van der Waals surface area contributed by atoms with Crippen molar-refractivity contribution < 1.29 is 60.2 Å². The number of nitrogens with one attached hydrogen (secondary N) is 3. The predicted molar refractivity (Wildman–Crippen MR) is 146 cm³/mol. The second kappa shape index (κ2) is 15.5. The van der Waals surface area contributed by atoms with Crippen molar-refractivity contribution in [2.75, 3.05) is 46.6 Å². The summed E-state index contributed by atoms with van der Waals surface area (Å²) in [7, 11) is 1.55. The molecule has 0 aromatic heterocycles. The van der Waals surface area contributed by atoms with E-state index in [0.717, 1.165) is 0 Å². The van der Waals surface area contributed by atoms with E-state index in [1.54, 1.807) is 7.05 Å². The third-order valence-corrected chi connectivity index (χ3v) is 8.59. The van der Waals surface area contributed by atoms with Gasteiger partial charge in [0, 0.05) is 37.1 Å². The van der Waals surface area contributed by atoms with E-state index >= 15 is 0 Å². The first kappa shape index (κ1) is 35.8. The Bertz CT molecular complexity index is 816. The van der Waals surface area contributed by atoms with Gasteiger partial charge in [0.2, 0.25) is 0 Å². The molecule has 3 rings (SSSR count). The van der Waals surface area contributed by atoms with Crippen molar-refractivity contribution in [1.82, 2.24) is 16.0 Å². The minimum absolute atomic E-state index is 0.000566. The largest absolute Gasteiger partial charge is 0.395 e. The molecule has 16 N–H and O–H groups in total. The van der Waals surface area contributed by atoms with Crippen LogP contribution in [0.5, 0.6) is 0 Å². The van der Waals surface area contributed by atoms with Gasteiger partial charge in [0.05, 0.1) is 56.8 Å². The minimum atomic E-state index is -1.65. The Labute approximate surface area is 244 Å². The van der Waals surface area contributed by atoms with Crippen molar-refractivity contribution >= 4 is 0 Å². The van der Waals surface area contributed by atoms with Gasteiger partial charge in [0.15, 0.2) is 6.29 Å². The fraction of sp³-hybridized carbons (Fsp3) is 1.00. The molecule has 15 atom stereocenters. The molecule has 2 saturated heterocycles. The van der Waals surface area contributed by atoms with E-state index in [0.29, 0.717) is 0 Å². The van der Waals surface area contributed by atoms with E-state index in [4.69, 9.17) is 30.8 Å². The summed E-state index contributed by atoms with van der Waals surface area (Å²) < 4.78 is 17.7. The zero-order valence-electron chi connectivity index (χ0n) is 24.0. The normalized spacial score (nSPS) is 45.7. The van der Waals surface area contributed by atoms with Crippen molar-refractivity contribution in [3.8, 4) is 0 Å². The Morgan fingerprint density at radius 3 is 2.24 bits per heavy atom. The van der Waals surface area contributed by atoms with Crippen LogP contribution in [-0.2, 0) is 14.2 Å². The van der Waals surface area contributed by atoms with Gasteiger partial charge >= 0.3 is 0 Å². The van der Waals surface area contributed by atoms with Crippen LogP contribution in [0.1, 0.15) is 13.3 Å². The SMILES string of the molecule is CNC1C(O)C(OC2C(NC(CO)CO)CC(N)C(C3OC(CNCC(N)CO)C(O)C(O)C3O)C2O)OCC1(C)O. The lowest BCUT2D eigenvalue weighted by Crippen LogP contribution is -2.71. The highest BCUT2D eigenvalue weighted by Gasteiger charge is 2.56. The molecule has 1 aliphatic carbocycles. The van der Waals surface area contributed by atoms with Crippen molar-refractivity contribution in [2.45, 2.75) is 104 Å². The number of nitrogens with two attached hydrogens (primary N) is 2. The minimum Gasteiger partial charge on any atom is -0.395 e. The Morgan fingerprint density at radius 1 is 0.976 bits per heavy atom. The number of likely N-dealkylation sites (N-methyl/N-ethyl adjacent to an activating group) is 1. The number of rotatable bonds is 13. The van der Waals surface area contributed by atoms with Gasteiger partial charge in [-0.1, -0.05) is 0 Å². The monoisotopic (exact) mass is 613 g/mol. The van der Waals surface area contributed by atoms with Gasteiger partial charge in [0.25, 0.3) is 0 Å². The van der Waals surface area contributed by atoms with Crippen molar-refractivity contribution in [1.29, 1.82) is 0 Å². The maximum Gasteiger partial charge on any atom is 0.185 e. The van der Waals surface area contributed by atoms with Crippen molar-refractivity contribution in [2.24, 2.45) is 17.4 Å². The molecule has 17 heteroatoms. The summed E-state index contributed by atoms with van der Waals surface area (Å²) in [6, 6.07) is -3.86. The first-order chi connectivity index (χ1) is 19.8. The lowest BCUT2D eigenvalue weighted by Gasteiger charge is -2.52. The van der Waals surface area contributed by atoms with Gasteiger partial charge in [-0.15, -0.1) is 0 Å². The molecule has 15 unspecified atom stereocenters. The molecule has 0 spiro atoms. The first-order valence-electron chi connectivity index (χ1n) is 14.3. The Hall–Kier alpha value is -0.680. The standard InChI is InChI=1S/C25H51N5O12/c1-25(39)9-40-24(20(38)23(25)28-2)42-21-13(30-11(7-32)8-33)3-12(27)15(17(21)35)22-19(37)18(36)16(34)14(41-22)5-29-4-10(26)6-31/h10-24,28-39H,3-9,26-27H2,1-2H3. The lowest BCUT2D eigenvalue weighted by molar-refractivity contribution is -0.304. The summed E-state index contributed by atoms with van der Waals surface area (Å²) in [5.41, 5.74) is 10.8. The number of hydrogen-bond acceptors (Lipinski definition) is 17. The highest BCUT2D eigenvalue weighted by atomic mass is 16.7. The fourth-order valence-corrected chi connectivity index (χ4v) is 6.20. The zero-order valence-corrected chi connectivity index (χ0v) is 24.0. The lowest BCUT2D eigenvalue weighted by atomic mass is 9.72. The molecule has 17 nitrogen and oxygen atoms in total. The van der Waals surface area contributed by atoms with Crippen LogP contribution in [0.4, 0.5) is 0 Å². The van der Waals surface area contributed by atoms with Crippen LogP contribution in [0.15, 0.2) is 0 Å². The van der Waals surface area contributed by atoms with E-state index in [2.05, 4.69) is 16.0 Å². The van der Waals surface area contributed by atoms with Gasteiger partial charge in [-0.25, -0.2) is 0 Å². The van der Waals surface area contributed by atoms with E-state index < -0.39 is 110 Å². The molecule has 2 aliphatic heterocycles. The molecule has 1 saturated carbocycles. The van der Waals surface area contributed by atoms with E-state index in [1.807, 2.05) is 0 Å². The van der Waals surface area contributed by atoms with E-state index in [-0.39, 0.29) is 32.7 Å². The summed E-state index contributed by atoms with van der Waals surface area (Å²) >= 11 is 0. The summed E-state index contributed by atoms with van der Waals surface area (Å²) in [6.07, 6.45) is -12.4. The quantitative estimate of drug-likeness (QED) is 0.0917. The van der Waals surface area contributed by atoms with Gasteiger partial charge in [-0.05, 0) is 20.4 Å². The molecule has 0 aromatic rings. The molecular weight excluding hydrogens is 562 g/mol. The van der Waals surface area contributed by atoms with Crippen LogP contribution in [0.25, 0.3) is 0 Å². The van der Waals surface area contributed by atoms with Gasteiger partial charge < -0.3 is 87.6 Å². The zero-order chi connectivity index (χ0) is 31.4. The topological polar surface area (TPSA) is 298 Å². The molecule has 0 bridgehead atoms. The molecule has 248 valence electrons. The second-order valence-electron chi connectivity index (χ2n) is 11.9. The Morgan fingerprint density at radius 2 is 1.64 bits per heavy atom.